The Morgan fingerprint density at radius 1 is 1.62 bits per heavy atom. The molecule has 0 rings (SSSR count). The van der Waals surface area contributed by atoms with Gasteiger partial charge < -0.3 is 4.43 Å². The highest BCUT2D eigenvalue weighted by Crippen LogP contribution is 2.04. The van der Waals surface area contributed by atoms with E-state index in [9.17, 15) is 0 Å². The van der Waals surface area contributed by atoms with Gasteiger partial charge in [0.15, 0.2) is 9.76 Å². The molecule has 0 bridgehead atoms. The molecule has 1 nitrogen and oxygen atoms in total. The van der Waals surface area contributed by atoms with Gasteiger partial charge in [0, 0.05) is 7.11 Å². The quantitative estimate of drug-likeness (QED) is 0.522. The van der Waals surface area contributed by atoms with Crippen molar-refractivity contribution >= 4 is 9.76 Å². The van der Waals surface area contributed by atoms with Crippen molar-refractivity contribution in [3.63, 3.8) is 0 Å². The Kier molecular flexibility index (Phi) is 5.43. The molecule has 0 saturated heterocycles. The molecule has 2 heteroatoms. The first-order valence-electron chi connectivity index (χ1n) is 3.30. The molecular weight excluding hydrogens is 116 g/mol. The van der Waals surface area contributed by atoms with E-state index in [4.69, 9.17) is 4.43 Å². The summed E-state index contributed by atoms with van der Waals surface area (Å²) in [6.45, 7) is 4.51. The van der Waals surface area contributed by atoms with Crippen molar-refractivity contribution in [1.82, 2.24) is 0 Å². The van der Waals surface area contributed by atoms with Crippen molar-refractivity contribution in [2.75, 3.05) is 7.11 Å². The Balaban J connectivity index is 2.86. The first-order chi connectivity index (χ1) is 3.81. The lowest BCUT2D eigenvalue weighted by Gasteiger charge is -2.04. The Morgan fingerprint density at radius 2 is 2.25 bits per heavy atom. The summed E-state index contributed by atoms with van der Waals surface area (Å²) in [5.41, 5.74) is 0. The van der Waals surface area contributed by atoms with Gasteiger partial charge in [-0.3, -0.25) is 0 Å². The van der Waals surface area contributed by atoms with E-state index >= 15 is 0 Å². The molecule has 0 fully saturated rings. The smallest absolute Gasteiger partial charge is 0.161 e. The first-order valence-corrected chi connectivity index (χ1v) is 4.88. The Bertz CT molecular complexity index is 47.8. The summed E-state index contributed by atoms with van der Waals surface area (Å²) in [5, 5.41) is 0. The lowest BCUT2D eigenvalue weighted by Crippen LogP contribution is -1.99. The zero-order valence-electron chi connectivity index (χ0n) is 6.11. The fourth-order valence-corrected chi connectivity index (χ4v) is 1.57. The van der Waals surface area contributed by atoms with Gasteiger partial charge in [-0.2, -0.15) is 0 Å². The fourth-order valence-electron chi connectivity index (χ4n) is 0.523. The molecular formula is C6H16OSi. The van der Waals surface area contributed by atoms with Gasteiger partial charge in [0.2, 0.25) is 0 Å². The minimum absolute atomic E-state index is 0.137. The van der Waals surface area contributed by atoms with Crippen LogP contribution in [0.25, 0.3) is 0 Å². The third-order valence-electron chi connectivity index (χ3n) is 1.51. The first kappa shape index (κ1) is 8.18. The SMILES string of the molecule is CCC(C)C[SiH2]OC. The normalized spacial score (nSPS) is 15.4. The van der Waals surface area contributed by atoms with Crippen LogP contribution < -0.4 is 0 Å². The third kappa shape index (κ3) is 4.34. The second-order valence-electron chi connectivity index (χ2n) is 2.29. The minimum atomic E-state index is -0.137. The van der Waals surface area contributed by atoms with Crippen LogP contribution >= 0.6 is 0 Å². The van der Waals surface area contributed by atoms with Gasteiger partial charge in [0.25, 0.3) is 0 Å². The topological polar surface area (TPSA) is 9.23 Å². The molecule has 0 aliphatic rings. The van der Waals surface area contributed by atoms with E-state index in [1.54, 1.807) is 0 Å². The van der Waals surface area contributed by atoms with Gasteiger partial charge in [-0.05, 0) is 12.0 Å². The highest BCUT2D eigenvalue weighted by molar-refractivity contribution is 6.27. The molecule has 0 aromatic rings. The second kappa shape index (κ2) is 5.32. The standard InChI is InChI=1S/C6H16OSi/c1-4-6(2)5-8-7-3/h6H,4-5,8H2,1-3H3. The van der Waals surface area contributed by atoms with Crippen LogP contribution in [-0.4, -0.2) is 16.9 Å². The maximum atomic E-state index is 5.05. The van der Waals surface area contributed by atoms with Crippen molar-refractivity contribution in [3.8, 4) is 0 Å². The van der Waals surface area contributed by atoms with Crippen LogP contribution in [0.3, 0.4) is 0 Å². The monoisotopic (exact) mass is 132 g/mol. The predicted octanol–water partition coefficient (Wildman–Crippen LogP) is 1.18. The lowest BCUT2D eigenvalue weighted by atomic mass is 10.2. The molecule has 0 radical (unpaired) electrons. The molecule has 8 heavy (non-hydrogen) atoms. The second-order valence-corrected chi connectivity index (χ2v) is 3.86. The van der Waals surface area contributed by atoms with Gasteiger partial charge in [-0.1, -0.05) is 20.3 Å². The molecule has 50 valence electrons. The number of hydrogen-bond donors (Lipinski definition) is 0. The van der Waals surface area contributed by atoms with E-state index in [1.807, 2.05) is 7.11 Å². The van der Waals surface area contributed by atoms with Crippen LogP contribution in [0.1, 0.15) is 20.3 Å². The zero-order chi connectivity index (χ0) is 6.41. The molecule has 1 atom stereocenters. The van der Waals surface area contributed by atoms with Crippen LogP contribution in [0, 0.1) is 5.92 Å². The highest BCUT2D eigenvalue weighted by atomic mass is 28.2. The van der Waals surface area contributed by atoms with Gasteiger partial charge in [-0.15, -0.1) is 0 Å². The maximum Gasteiger partial charge on any atom is 0.161 e. The predicted molar refractivity (Wildman–Crippen MR) is 39.8 cm³/mol. The average Bonchev–Trinajstić information content (AvgIpc) is 1.83. The highest BCUT2D eigenvalue weighted by Gasteiger charge is 1.96. The van der Waals surface area contributed by atoms with Crippen molar-refractivity contribution in [2.45, 2.75) is 26.3 Å². The zero-order valence-corrected chi connectivity index (χ0v) is 7.52. The lowest BCUT2D eigenvalue weighted by molar-refractivity contribution is 0.430. The average molecular weight is 132 g/mol. The van der Waals surface area contributed by atoms with Crippen LogP contribution in [0.15, 0.2) is 0 Å². The van der Waals surface area contributed by atoms with E-state index in [-0.39, 0.29) is 9.76 Å². The van der Waals surface area contributed by atoms with E-state index < -0.39 is 0 Å². The van der Waals surface area contributed by atoms with E-state index in [1.165, 1.54) is 12.5 Å². The summed E-state index contributed by atoms with van der Waals surface area (Å²) in [6, 6.07) is 1.34. The van der Waals surface area contributed by atoms with Crippen LogP contribution in [0.4, 0.5) is 0 Å². The van der Waals surface area contributed by atoms with E-state index in [2.05, 4.69) is 13.8 Å². The Labute approximate surface area is 54.4 Å². The summed E-state index contributed by atoms with van der Waals surface area (Å²) in [7, 11) is 1.68. The number of hydrogen-bond acceptors (Lipinski definition) is 1. The van der Waals surface area contributed by atoms with Gasteiger partial charge in [-0.25, -0.2) is 0 Å². The molecule has 0 N–H and O–H groups in total. The minimum Gasteiger partial charge on any atom is -0.427 e. The summed E-state index contributed by atoms with van der Waals surface area (Å²) in [4.78, 5) is 0. The molecule has 0 amide bonds. The molecule has 0 aliphatic heterocycles. The maximum absolute atomic E-state index is 5.05. The molecule has 0 aromatic heterocycles. The molecule has 1 unspecified atom stereocenters. The summed E-state index contributed by atoms with van der Waals surface area (Å²) < 4.78 is 5.05. The van der Waals surface area contributed by atoms with Crippen molar-refractivity contribution in [1.29, 1.82) is 0 Å². The van der Waals surface area contributed by atoms with Crippen molar-refractivity contribution in [2.24, 2.45) is 5.92 Å². The van der Waals surface area contributed by atoms with E-state index in [0.29, 0.717) is 0 Å². The van der Waals surface area contributed by atoms with Crippen molar-refractivity contribution < 1.29 is 4.43 Å². The van der Waals surface area contributed by atoms with Gasteiger partial charge >= 0.3 is 0 Å². The van der Waals surface area contributed by atoms with Crippen LogP contribution in [0.5, 0.6) is 0 Å². The summed E-state index contributed by atoms with van der Waals surface area (Å²) >= 11 is 0. The molecule has 0 aromatic carbocycles. The largest absolute Gasteiger partial charge is 0.427 e. The van der Waals surface area contributed by atoms with Gasteiger partial charge in [0.05, 0.1) is 0 Å². The third-order valence-corrected chi connectivity index (χ3v) is 3.14. The molecule has 0 spiro atoms. The van der Waals surface area contributed by atoms with Crippen LogP contribution in [0.2, 0.25) is 6.04 Å². The molecule has 0 heterocycles. The van der Waals surface area contributed by atoms with E-state index in [0.717, 1.165) is 5.92 Å². The fraction of sp³-hybridized carbons (Fsp3) is 1.00. The van der Waals surface area contributed by atoms with Crippen LogP contribution in [-0.2, 0) is 4.43 Å². The van der Waals surface area contributed by atoms with Gasteiger partial charge in [0.1, 0.15) is 0 Å². The molecule has 0 aliphatic carbocycles. The molecule has 0 saturated carbocycles. The Morgan fingerprint density at radius 3 is 2.62 bits per heavy atom. The Hall–Kier alpha value is 0.177. The summed E-state index contributed by atoms with van der Waals surface area (Å²) in [6.07, 6.45) is 1.30. The summed E-state index contributed by atoms with van der Waals surface area (Å²) in [5.74, 6) is 0.890. The number of rotatable bonds is 4. The van der Waals surface area contributed by atoms with Crippen molar-refractivity contribution in [3.05, 3.63) is 0 Å².